The first-order chi connectivity index (χ1) is 17.3. The second kappa shape index (κ2) is 9.18. The molecular weight excluding hydrogens is 435 g/mol. The van der Waals surface area contributed by atoms with Crippen molar-refractivity contribution in [3.63, 3.8) is 0 Å². The van der Waals surface area contributed by atoms with Crippen LogP contribution in [-0.4, -0.2) is 20.4 Å². The summed E-state index contributed by atoms with van der Waals surface area (Å²) in [5, 5.41) is 14.0. The molecule has 172 valence electrons. The maximum atomic E-state index is 14.4. The standard InChI is InChI=1S/C30H25FN4/c31-30-26-19-24(14-16-27(26)34-35-30)29(28(22-7-4-8-22)21-5-2-1-3-6-21)23-12-9-20(10-13-23)11-15-25-17-18-32-33-25/h1-3,5-6,9-19,22H,4,7-8H2,(H,32,33)(H,34,35)/b15-11+,29-28-. The molecule has 0 radical (unpaired) electrons. The Balaban J connectivity index is 1.51. The van der Waals surface area contributed by atoms with Gasteiger partial charge in [-0.1, -0.05) is 73.2 Å². The van der Waals surface area contributed by atoms with Crippen LogP contribution in [0.5, 0.6) is 0 Å². The predicted octanol–water partition coefficient (Wildman–Crippen LogP) is 7.35. The minimum absolute atomic E-state index is 0.467. The van der Waals surface area contributed by atoms with E-state index in [1.807, 2.05) is 24.3 Å². The molecule has 5 heteroatoms. The summed E-state index contributed by atoms with van der Waals surface area (Å²) in [4.78, 5) is 0. The first-order valence-electron chi connectivity index (χ1n) is 12.0. The topological polar surface area (TPSA) is 57.4 Å². The van der Waals surface area contributed by atoms with Gasteiger partial charge in [0.25, 0.3) is 0 Å². The number of hydrogen-bond donors (Lipinski definition) is 2. The summed E-state index contributed by atoms with van der Waals surface area (Å²) in [6.07, 6.45) is 9.39. The van der Waals surface area contributed by atoms with E-state index in [4.69, 9.17) is 0 Å². The Morgan fingerprint density at radius 1 is 0.829 bits per heavy atom. The number of aromatic amines is 2. The molecule has 0 aliphatic heterocycles. The Kier molecular flexibility index (Phi) is 5.59. The van der Waals surface area contributed by atoms with Crippen LogP contribution in [0.15, 0.2) is 85.1 Å². The molecule has 0 unspecified atom stereocenters. The highest BCUT2D eigenvalue weighted by atomic mass is 19.1. The Hall–Kier alpha value is -4.25. The van der Waals surface area contributed by atoms with Gasteiger partial charge >= 0.3 is 0 Å². The van der Waals surface area contributed by atoms with Crippen molar-refractivity contribution in [1.82, 2.24) is 20.4 Å². The smallest absolute Gasteiger partial charge is 0.240 e. The summed E-state index contributed by atoms with van der Waals surface area (Å²) in [6.45, 7) is 0. The van der Waals surface area contributed by atoms with Crippen LogP contribution in [0.3, 0.4) is 0 Å². The lowest BCUT2D eigenvalue weighted by Crippen LogP contribution is -2.15. The zero-order valence-corrected chi connectivity index (χ0v) is 19.2. The van der Waals surface area contributed by atoms with E-state index in [0.29, 0.717) is 16.8 Å². The maximum absolute atomic E-state index is 14.4. The summed E-state index contributed by atoms with van der Waals surface area (Å²) in [6, 6.07) is 27.0. The molecule has 2 heterocycles. The summed E-state index contributed by atoms with van der Waals surface area (Å²) in [5.74, 6) is 0.0163. The van der Waals surface area contributed by atoms with Gasteiger partial charge in [0.2, 0.25) is 5.95 Å². The molecule has 0 saturated heterocycles. The maximum Gasteiger partial charge on any atom is 0.240 e. The van der Waals surface area contributed by atoms with Crippen molar-refractivity contribution in [2.75, 3.05) is 0 Å². The van der Waals surface area contributed by atoms with E-state index in [1.165, 1.54) is 30.4 Å². The van der Waals surface area contributed by atoms with Crippen LogP contribution in [0.25, 0.3) is 34.2 Å². The second-order valence-electron chi connectivity index (χ2n) is 9.02. The summed E-state index contributed by atoms with van der Waals surface area (Å²) < 4.78 is 14.4. The van der Waals surface area contributed by atoms with Gasteiger partial charge in [-0.25, -0.2) is 0 Å². The van der Waals surface area contributed by atoms with Crippen LogP contribution >= 0.6 is 0 Å². The van der Waals surface area contributed by atoms with E-state index in [1.54, 1.807) is 6.20 Å². The van der Waals surface area contributed by atoms with Crippen molar-refractivity contribution in [2.24, 2.45) is 5.92 Å². The number of aromatic nitrogens is 4. The van der Waals surface area contributed by atoms with E-state index >= 15 is 0 Å². The van der Waals surface area contributed by atoms with Gasteiger partial charge in [0.05, 0.1) is 16.6 Å². The van der Waals surface area contributed by atoms with E-state index in [2.05, 4.69) is 87.1 Å². The monoisotopic (exact) mass is 460 g/mol. The highest BCUT2D eigenvalue weighted by molar-refractivity contribution is 6.01. The highest BCUT2D eigenvalue weighted by Crippen LogP contribution is 2.45. The minimum Gasteiger partial charge on any atom is -0.278 e. The third-order valence-electron chi connectivity index (χ3n) is 6.85. The average molecular weight is 461 g/mol. The number of hydrogen-bond acceptors (Lipinski definition) is 2. The lowest BCUT2D eigenvalue weighted by Gasteiger charge is -2.31. The molecule has 2 aromatic heterocycles. The number of halogens is 1. The number of benzene rings is 3. The number of fused-ring (bicyclic) bond motifs is 1. The van der Waals surface area contributed by atoms with Gasteiger partial charge in [0, 0.05) is 6.20 Å². The molecule has 2 N–H and O–H groups in total. The molecule has 1 aliphatic carbocycles. The normalized spacial score (nSPS) is 14.9. The third-order valence-corrected chi connectivity index (χ3v) is 6.85. The Bertz CT molecular complexity index is 1510. The predicted molar refractivity (Wildman–Crippen MR) is 140 cm³/mol. The van der Waals surface area contributed by atoms with E-state index in [9.17, 15) is 4.39 Å². The fraction of sp³-hybridized carbons (Fsp3) is 0.133. The molecular formula is C30H25FN4. The summed E-state index contributed by atoms with van der Waals surface area (Å²) >= 11 is 0. The molecule has 3 aromatic carbocycles. The van der Waals surface area contributed by atoms with E-state index in [-0.39, 0.29) is 0 Å². The van der Waals surface area contributed by atoms with Crippen molar-refractivity contribution in [3.8, 4) is 0 Å². The number of rotatable bonds is 6. The minimum atomic E-state index is -0.467. The molecule has 0 atom stereocenters. The molecule has 1 fully saturated rings. The van der Waals surface area contributed by atoms with Gasteiger partial charge in [0.15, 0.2) is 0 Å². The number of nitrogens with one attached hydrogen (secondary N) is 2. The zero-order chi connectivity index (χ0) is 23.6. The van der Waals surface area contributed by atoms with Crippen molar-refractivity contribution in [2.45, 2.75) is 19.3 Å². The summed E-state index contributed by atoms with van der Waals surface area (Å²) in [5.41, 5.74) is 8.61. The van der Waals surface area contributed by atoms with Crippen molar-refractivity contribution in [1.29, 1.82) is 0 Å². The fourth-order valence-electron chi connectivity index (χ4n) is 4.82. The first kappa shape index (κ1) is 21.3. The Labute approximate surface area is 203 Å². The quantitative estimate of drug-likeness (QED) is 0.260. The van der Waals surface area contributed by atoms with Gasteiger partial charge in [-0.2, -0.15) is 9.49 Å². The Morgan fingerprint density at radius 2 is 1.63 bits per heavy atom. The fourth-order valence-corrected chi connectivity index (χ4v) is 4.82. The first-order valence-corrected chi connectivity index (χ1v) is 12.0. The highest BCUT2D eigenvalue weighted by Gasteiger charge is 2.27. The van der Waals surface area contributed by atoms with Crippen LogP contribution in [0, 0.1) is 11.9 Å². The second-order valence-corrected chi connectivity index (χ2v) is 9.02. The zero-order valence-electron chi connectivity index (χ0n) is 19.2. The van der Waals surface area contributed by atoms with Gasteiger partial charge in [0.1, 0.15) is 0 Å². The van der Waals surface area contributed by atoms with Crippen LogP contribution in [0.4, 0.5) is 4.39 Å². The van der Waals surface area contributed by atoms with Crippen molar-refractivity contribution >= 4 is 34.2 Å². The van der Waals surface area contributed by atoms with Gasteiger partial charge in [-0.3, -0.25) is 10.2 Å². The number of H-pyrrole nitrogens is 2. The van der Waals surface area contributed by atoms with Crippen LogP contribution in [0.1, 0.15) is 47.2 Å². The van der Waals surface area contributed by atoms with E-state index < -0.39 is 5.95 Å². The molecule has 6 rings (SSSR count). The molecule has 1 saturated carbocycles. The van der Waals surface area contributed by atoms with Crippen LogP contribution in [-0.2, 0) is 0 Å². The van der Waals surface area contributed by atoms with Crippen LogP contribution < -0.4 is 0 Å². The van der Waals surface area contributed by atoms with Gasteiger partial charge in [-0.05, 0) is 76.4 Å². The molecule has 0 amide bonds. The number of allylic oxidation sites excluding steroid dienone is 1. The molecule has 4 nitrogen and oxygen atoms in total. The molecule has 35 heavy (non-hydrogen) atoms. The number of nitrogens with zero attached hydrogens (tertiary/aromatic N) is 2. The largest absolute Gasteiger partial charge is 0.278 e. The van der Waals surface area contributed by atoms with Crippen molar-refractivity contribution < 1.29 is 4.39 Å². The average Bonchev–Trinajstić information content (AvgIpc) is 3.52. The summed E-state index contributed by atoms with van der Waals surface area (Å²) in [7, 11) is 0. The van der Waals surface area contributed by atoms with E-state index in [0.717, 1.165) is 28.0 Å². The SMILES string of the molecule is Fc1n[nH]c2ccc(/C(=C(/c3ccccc3)C3CCC3)c3ccc(/C=C/c4ccn[nH]4)cc3)cc12. The lowest BCUT2D eigenvalue weighted by atomic mass is 9.73. The third kappa shape index (κ3) is 4.21. The molecule has 0 bridgehead atoms. The molecule has 5 aromatic rings. The molecule has 1 aliphatic rings. The van der Waals surface area contributed by atoms with Gasteiger partial charge < -0.3 is 0 Å². The Morgan fingerprint density at radius 3 is 2.34 bits per heavy atom. The lowest BCUT2D eigenvalue weighted by molar-refractivity contribution is 0.401. The van der Waals surface area contributed by atoms with Gasteiger partial charge in [-0.15, -0.1) is 5.10 Å². The van der Waals surface area contributed by atoms with Crippen molar-refractivity contribution in [3.05, 3.63) is 119 Å². The van der Waals surface area contributed by atoms with Crippen LogP contribution in [0.2, 0.25) is 0 Å². The molecule has 0 spiro atoms.